The maximum atomic E-state index is 13.4. The molecule has 0 aliphatic carbocycles. The summed E-state index contributed by atoms with van der Waals surface area (Å²) in [5.41, 5.74) is 5.85. The van der Waals surface area contributed by atoms with E-state index >= 15 is 0 Å². The molecule has 0 aliphatic heterocycles. The molecular weight excluding hydrogens is 235 g/mol. The Hall–Kier alpha value is -1.89. The first-order valence-corrected chi connectivity index (χ1v) is 4.72. The number of rotatable bonds is 3. The summed E-state index contributed by atoms with van der Waals surface area (Å²) < 4.78 is 42.5. The maximum Gasteiger partial charge on any atom is 0.314 e. The average Bonchev–Trinajstić information content (AvgIpc) is 2.78. The van der Waals surface area contributed by atoms with Crippen LogP contribution in [0.3, 0.4) is 0 Å². The number of hydrogen-bond donors (Lipinski definition) is 1. The minimum absolute atomic E-state index is 0.0538. The summed E-state index contributed by atoms with van der Waals surface area (Å²) in [5.74, 6) is -1.48. The van der Waals surface area contributed by atoms with Crippen LogP contribution in [0, 0.1) is 5.82 Å². The Bertz CT molecular complexity index is 527. The third kappa shape index (κ3) is 2.28. The largest absolute Gasteiger partial charge is 0.415 e. The summed E-state index contributed by atoms with van der Waals surface area (Å²) in [6.45, 7) is 0.0538. The van der Waals surface area contributed by atoms with Gasteiger partial charge in [0.2, 0.25) is 5.89 Å². The van der Waals surface area contributed by atoms with Crippen LogP contribution >= 0.6 is 0 Å². The number of alkyl halides is 2. The van der Waals surface area contributed by atoms with Crippen LogP contribution in [0.1, 0.15) is 17.9 Å². The van der Waals surface area contributed by atoms with Crippen LogP contribution in [0.4, 0.5) is 13.2 Å². The third-order valence-corrected chi connectivity index (χ3v) is 2.15. The second-order valence-corrected chi connectivity index (χ2v) is 3.26. The first kappa shape index (κ1) is 11.6. The highest BCUT2D eigenvalue weighted by molar-refractivity contribution is 5.53. The molecule has 0 saturated heterocycles. The lowest BCUT2D eigenvalue weighted by Gasteiger charge is -2.00. The van der Waals surface area contributed by atoms with Crippen LogP contribution in [0.2, 0.25) is 0 Å². The van der Waals surface area contributed by atoms with Gasteiger partial charge < -0.3 is 10.2 Å². The first-order chi connectivity index (χ1) is 8.11. The monoisotopic (exact) mass is 243 g/mol. The van der Waals surface area contributed by atoms with Gasteiger partial charge in [-0.3, -0.25) is 0 Å². The summed E-state index contributed by atoms with van der Waals surface area (Å²) in [7, 11) is 0. The molecule has 0 spiro atoms. The molecule has 4 nitrogen and oxygen atoms in total. The summed E-state index contributed by atoms with van der Waals surface area (Å²) >= 11 is 0. The van der Waals surface area contributed by atoms with E-state index < -0.39 is 18.1 Å². The van der Waals surface area contributed by atoms with Gasteiger partial charge in [0.1, 0.15) is 5.82 Å². The van der Waals surface area contributed by atoms with Crippen LogP contribution in [0.25, 0.3) is 11.5 Å². The van der Waals surface area contributed by atoms with Crippen molar-refractivity contribution in [3.63, 3.8) is 0 Å². The van der Waals surface area contributed by atoms with Crippen LogP contribution < -0.4 is 5.73 Å². The highest BCUT2D eigenvalue weighted by Gasteiger charge is 2.17. The number of aromatic nitrogens is 2. The minimum atomic E-state index is -2.84. The number of nitrogens with two attached hydrogens (primary N) is 1. The van der Waals surface area contributed by atoms with Gasteiger partial charge in [-0.1, -0.05) is 6.07 Å². The quantitative estimate of drug-likeness (QED) is 0.898. The Kier molecular flexibility index (Phi) is 3.10. The normalized spacial score (nSPS) is 11.1. The molecular formula is C10H8F3N3O. The minimum Gasteiger partial charge on any atom is -0.415 e. The van der Waals surface area contributed by atoms with E-state index in [2.05, 4.69) is 14.6 Å². The average molecular weight is 243 g/mol. The Morgan fingerprint density at radius 2 is 2.06 bits per heavy atom. The molecule has 17 heavy (non-hydrogen) atoms. The fraction of sp³-hybridized carbons (Fsp3) is 0.200. The van der Waals surface area contributed by atoms with E-state index in [0.29, 0.717) is 5.56 Å². The van der Waals surface area contributed by atoms with Crippen molar-refractivity contribution in [2.75, 3.05) is 0 Å². The van der Waals surface area contributed by atoms with Gasteiger partial charge in [-0.15, -0.1) is 10.2 Å². The molecule has 0 atom stereocenters. The van der Waals surface area contributed by atoms with E-state index in [-0.39, 0.29) is 18.0 Å². The van der Waals surface area contributed by atoms with Gasteiger partial charge in [-0.2, -0.15) is 8.78 Å². The summed E-state index contributed by atoms with van der Waals surface area (Å²) in [4.78, 5) is 0. The molecule has 2 rings (SSSR count). The maximum absolute atomic E-state index is 13.4. The predicted molar refractivity (Wildman–Crippen MR) is 52.5 cm³/mol. The topological polar surface area (TPSA) is 64.9 Å². The molecule has 1 heterocycles. The smallest absolute Gasteiger partial charge is 0.314 e. The van der Waals surface area contributed by atoms with Crippen molar-refractivity contribution in [2.45, 2.75) is 13.0 Å². The van der Waals surface area contributed by atoms with E-state index in [1.165, 1.54) is 12.1 Å². The molecule has 0 fully saturated rings. The van der Waals surface area contributed by atoms with Gasteiger partial charge in [-0.05, 0) is 12.1 Å². The zero-order chi connectivity index (χ0) is 12.4. The van der Waals surface area contributed by atoms with Gasteiger partial charge in [0.25, 0.3) is 5.89 Å². The van der Waals surface area contributed by atoms with Crippen molar-refractivity contribution in [3.05, 3.63) is 35.5 Å². The number of hydrogen-bond acceptors (Lipinski definition) is 4. The van der Waals surface area contributed by atoms with E-state index in [0.717, 1.165) is 6.07 Å². The molecule has 0 radical (unpaired) electrons. The lowest BCUT2D eigenvalue weighted by Crippen LogP contribution is -1.99. The zero-order valence-corrected chi connectivity index (χ0v) is 8.53. The third-order valence-electron chi connectivity index (χ3n) is 2.15. The molecule has 0 saturated carbocycles. The molecule has 0 bridgehead atoms. The van der Waals surface area contributed by atoms with Crippen molar-refractivity contribution < 1.29 is 17.6 Å². The van der Waals surface area contributed by atoms with Crippen LogP contribution in [0.15, 0.2) is 22.6 Å². The van der Waals surface area contributed by atoms with Gasteiger partial charge in [0.15, 0.2) is 0 Å². The summed E-state index contributed by atoms with van der Waals surface area (Å²) in [5, 5.41) is 6.56. The van der Waals surface area contributed by atoms with Crippen molar-refractivity contribution in [2.24, 2.45) is 5.73 Å². The van der Waals surface area contributed by atoms with Gasteiger partial charge in [0.05, 0.1) is 0 Å². The molecule has 90 valence electrons. The molecule has 1 aromatic carbocycles. The number of benzene rings is 1. The second-order valence-electron chi connectivity index (χ2n) is 3.26. The first-order valence-electron chi connectivity index (χ1n) is 4.72. The second kappa shape index (κ2) is 4.54. The van der Waals surface area contributed by atoms with Crippen molar-refractivity contribution in [1.82, 2.24) is 10.2 Å². The SMILES string of the molecule is NCc1ccc(-c2nnc(C(F)F)o2)cc1F. The standard InChI is InChI=1S/C10H8F3N3O/c11-7-3-5(1-2-6(7)4-14)9-15-16-10(17-9)8(12)13/h1-3,8H,4,14H2. The zero-order valence-electron chi connectivity index (χ0n) is 8.53. The predicted octanol–water partition coefficient (Wildman–Crippen LogP) is 2.27. The molecule has 0 unspecified atom stereocenters. The van der Waals surface area contributed by atoms with Crippen molar-refractivity contribution >= 4 is 0 Å². The van der Waals surface area contributed by atoms with E-state index in [4.69, 9.17) is 5.73 Å². The number of halogens is 3. The van der Waals surface area contributed by atoms with Gasteiger partial charge >= 0.3 is 6.43 Å². The fourth-order valence-electron chi connectivity index (χ4n) is 1.29. The van der Waals surface area contributed by atoms with Crippen LogP contribution in [0.5, 0.6) is 0 Å². The van der Waals surface area contributed by atoms with Gasteiger partial charge in [-0.25, -0.2) is 4.39 Å². The van der Waals surface area contributed by atoms with Crippen molar-refractivity contribution in [3.8, 4) is 11.5 Å². The van der Waals surface area contributed by atoms with Crippen LogP contribution in [-0.4, -0.2) is 10.2 Å². The summed E-state index contributed by atoms with van der Waals surface area (Å²) in [6.07, 6.45) is -2.84. The van der Waals surface area contributed by atoms with E-state index in [1.807, 2.05) is 0 Å². The highest BCUT2D eigenvalue weighted by Crippen LogP contribution is 2.24. The molecule has 0 aliphatic rings. The molecule has 0 amide bonds. The summed E-state index contributed by atoms with van der Waals surface area (Å²) in [6, 6.07) is 4.04. The fourth-order valence-corrected chi connectivity index (χ4v) is 1.29. The molecule has 2 aromatic rings. The lowest BCUT2D eigenvalue weighted by molar-refractivity contribution is 0.116. The molecule has 2 N–H and O–H groups in total. The number of nitrogens with zero attached hydrogens (tertiary/aromatic N) is 2. The van der Waals surface area contributed by atoms with Gasteiger partial charge in [0, 0.05) is 17.7 Å². The lowest BCUT2D eigenvalue weighted by atomic mass is 10.1. The van der Waals surface area contributed by atoms with E-state index in [1.54, 1.807) is 0 Å². The highest BCUT2D eigenvalue weighted by atomic mass is 19.3. The van der Waals surface area contributed by atoms with E-state index in [9.17, 15) is 13.2 Å². The van der Waals surface area contributed by atoms with Crippen molar-refractivity contribution in [1.29, 1.82) is 0 Å². The Morgan fingerprint density at radius 1 is 1.29 bits per heavy atom. The molecule has 7 heteroatoms. The Labute approximate surface area is 94.3 Å². The Balaban J connectivity index is 2.36. The Morgan fingerprint density at radius 3 is 2.59 bits per heavy atom. The van der Waals surface area contributed by atoms with Crippen LogP contribution in [-0.2, 0) is 6.54 Å². The molecule has 1 aromatic heterocycles.